The van der Waals surface area contributed by atoms with Gasteiger partial charge < -0.3 is 25.6 Å². The van der Waals surface area contributed by atoms with Crippen molar-refractivity contribution in [2.24, 2.45) is 5.73 Å². The minimum atomic E-state index is -0.717. The Kier molecular flexibility index (Phi) is 18.6. The third-order valence-electron chi connectivity index (χ3n) is 5.13. The molecule has 0 saturated carbocycles. The van der Waals surface area contributed by atoms with E-state index in [1.807, 2.05) is 20.8 Å². The first-order valence-corrected chi connectivity index (χ1v) is 12.7. The van der Waals surface area contributed by atoms with Gasteiger partial charge >= 0.3 is 11.9 Å². The number of nitrogens with one attached hydrogen (secondary N) is 1. The van der Waals surface area contributed by atoms with Crippen LogP contribution in [0.5, 0.6) is 0 Å². The van der Waals surface area contributed by atoms with Crippen molar-refractivity contribution in [3.05, 3.63) is 0 Å². The van der Waals surface area contributed by atoms with Gasteiger partial charge in [0.1, 0.15) is 24.4 Å². The van der Waals surface area contributed by atoms with Gasteiger partial charge in [-0.15, -0.1) is 0 Å². The average Bonchev–Trinajstić information content (AvgIpc) is 2.72. The van der Waals surface area contributed by atoms with E-state index in [2.05, 4.69) is 12.2 Å². The number of hydrogen-bond donors (Lipinski definition) is 3. The molecule has 32 heavy (non-hydrogen) atoms. The summed E-state index contributed by atoms with van der Waals surface area (Å²) in [5.41, 5.74) is 5.33. The van der Waals surface area contributed by atoms with Gasteiger partial charge in [-0.05, 0) is 46.6 Å². The highest BCUT2D eigenvalue weighted by Crippen LogP contribution is 2.11. The zero-order valence-electron chi connectivity index (χ0n) is 21.1. The maximum Gasteiger partial charge on any atom is 0.323 e. The molecule has 190 valence electrons. The third-order valence-corrected chi connectivity index (χ3v) is 5.13. The number of rotatable bonds is 20. The van der Waals surface area contributed by atoms with Gasteiger partial charge in [-0.2, -0.15) is 0 Å². The minimum Gasteiger partial charge on any atom is -0.463 e. The van der Waals surface area contributed by atoms with Crippen molar-refractivity contribution in [2.45, 2.75) is 129 Å². The maximum atomic E-state index is 11.8. The number of ether oxygens (including phenoxy) is 2. The highest BCUT2D eigenvalue weighted by Gasteiger charge is 2.21. The van der Waals surface area contributed by atoms with Gasteiger partial charge in [0, 0.05) is 13.0 Å². The normalized spacial score (nSPS) is 13.6. The smallest absolute Gasteiger partial charge is 0.323 e. The predicted octanol–water partition coefficient (Wildman–Crippen LogP) is 4.24. The Bertz CT molecular complexity index is 479. The fourth-order valence-electron chi connectivity index (χ4n) is 3.28. The molecule has 0 aliphatic rings. The molecule has 2 atom stereocenters. The highest BCUT2D eigenvalue weighted by atomic mass is 16.6. The van der Waals surface area contributed by atoms with Crippen LogP contribution in [0.2, 0.25) is 0 Å². The summed E-state index contributed by atoms with van der Waals surface area (Å²) < 4.78 is 10.4. The molecule has 0 heterocycles. The van der Waals surface area contributed by atoms with Gasteiger partial charge in [0.15, 0.2) is 0 Å². The molecule has 7 nitrogen and oxygen atoms in total. The molecule has 0 aliphatic carbocycles. The average molecular weight is 459 g/mol. The standard InChI is InChI=1S/C25H50N2O5/c1-5-6-7-8-9-10-11-12-13-17-23(29)31-20-21(28)19-27-18-15-14-16-22(26)24(30)32-25(2,3)4/h21-22,27-28H,5-20,26H2,1-4H3. The van der Waals surface area contributed by atoms with Gasteiger partial charge in [-0.3, -0.25) is 9.59 Å². The lowest BCUT2D eigenvalue weighted by Crippen LogP contribution is -2.37. The second kappa shape index (κ2) is 19.3. The monoisotopic (exact) mass is 458 g/mol. The van der Waals surface area contributed by atoms with E-state index in [-0.39, 0.29) is 18.5 Å². The van der Waals surface area contributed by atoms with E-state index in [0.717, 1.165) is 25.7 Å². The second-order valence-corrected chi connectivity index (χ2v) is 9.76. The molecule has 0 amide bonds. The third kappa shape index (κ3) is 20.7. The summed E-state index contributed by atoms with van der Waals surface area (Å²) in [6, 6.07) is -0.606. The Balaban J connectivity index is 3.54. The summed E-state index contributed by atoms with van der Waals surface area (Å²) >= 11 is 0. The number of aliphatic hydroxyl groups excluding tert-OH is 1. The van der Waals surface area contributed by atoms with Crippen LogP contribution in [-0.2, 0) is 19.1 Å². The molecule has 0 bridgehead atoms. The number of esters is 2. The van der Waals surface area contributed by atoms with Gasteiger partial charge in [-0.1, -0.05) is 64.7 Å². The summed E-state index contributed by atoms with van der Waals surface area (Å²) in [6.07, 6.45) is 12.8. The van der Waals surface area contributed by atoms with Gasteiger partial charge in [0.25, 0.3) is 0 Å². The number of hydrogen-bond acceptors (Lipinski definition) is 7. The fourth-order valence-corrected chi connectivity index (χ4v) is 3.28. The molecule has 0 rings (SSSR count). The zero-order valence-corrected chi connectivity index (χ0v) is 21.1. The largest absolute Gasteiger partial charge is 0.463 e. The Morgan fingerprint density at radius 3 is 2.12 bits per heavy atom. The molecule has 0 aliphatic heterocycles. The molecule has 0 saturated heterocycles. The summed E-state index contributed by atoms with van der Waals surface area (Å²) in [5, 5.41) is 13.1. The molecule has 0 radical (unpaired) electrons. The lowest BCUT2D eigenvalue weighted by atomic mass is 10.1. The fraction of sp³-hybridized carbons (Fsp3) is 0.920. The summed E-state index contributed by atoms with van der Waals surface area (Å²) in [5.74, 6) is -0.603. The Hall–Kier alpha value is -1.18. The van der Waals surface area contributed by atoms with Crippen LogP contribution in [0.1, 0.15) is 111 Å². The van der Waals surface area contributed by atoms with Gasteiger partial charge in [0.05, 0.1) is 0 Å². The SMILES string of the molecule is CCCCCCCCCCCC(=O)OCC(O)CNCCCCC(N)C(=O)OC(C)(C)C. The van der Waals surface area contributed by atoms with Gasteiger partial charge in [0.2, 0.25) is 0 Å². The van der Waals surface area contributed by atoms with Crippen LogP contribution in [0.3, 0.4) is 0 Å². The van der Waals surface area contributed by atoms with Crippen molar-refractivity contribution in [3.8, 4) is 0 Å². The minimum absolute atomic E-state index is 0.0206. The van der Waals surface area contributed by atoms with E-state index in [0.29, 0.717) is 25.9 Å². The molecule has 0 spiro atoms. The molecule has 0 aromatic rings. The van der Waals surface area contributed by atoms with Crippen molar-refractivity contribution in [1.82, 2.24) is 5.32 Å². The Labute approximate surface area is 196 Å². The molecule has 0 aromatic heterocycles. The Morgan fingerprint density at radius 2 is 1.53 bits per heavy atom. The van der Waals surface area contributed by atoms with Gasteiger partial charge in [-0.25, -0.2) is 0 Å². The molecule has 2 unspecified atom stereocenters. The van der Waals surface area contributed by atoms with E-state index < -0.39 is 17.7 Å². The molecular formula is C25H50N2O5. The van der Waals surface area contributed by atoms with Crippen LogP contribution in [0.4, 0.5) is 0 Å². The summed E-state index contributed by atoms with van der Waals surface area (Å²) in [7, 11) is 0. The summed E-state index contributed by atoms with van der Waals surface area (Å²) in [4.78, 5) is 23.6. The first-order valence-electron chi connectivity index (χ1n) is 12.7. The van der Waals surface area contributed by atoms with Crippen LogP contribution < -0.4 is 11.1 Å². The van der Waals surface area contributed by atoms with Crippen LogP contribution in [0.15, 0.2) is 0 Å². The van der Waals surface area contributed by atoms with Crippen molar-refractivity contribution in [2.75, 3.05) is 19.7 Å². The Morgan fingerprint density at radius 1 is 0.938 bits per heavy atom. The van der Waals surface area contributed by atoms with Crippen LogP contribution in [0.25, 0.3) is 0 Å². The second-order valence-electron chi connectivity index (χ2n) is 9.76. The van der Waals surface area contributed by atoms with Crippen LogP contribution >= 0.6 is 0 Å². The maximum absolute atomic E-state index is 11.8. The lowest BCUT2D eigenvalue weighted by molar-refractivity contribution is -0.156. The molecule has 0 fully saturated rings. The molecule has 7 heteroatoms. The molecule has 0 aromatic carbocycles. The van der Waals surface area contributed by atoms with Crippen molar-refractivity contribution in [1.29, 1.82) is 0 Å². The van der Waals surface area contributed by atoms with Crippen LogP contribution in [-0.4, -0.2) is 54.5 Å². The number of nitrogens with two attached hydrogens (primary N) is 1. The van der Waals surface area contributed by atoms with E-state index in [4.69, 9.17) is 15.2 Å². The van der Waals surface area contributed by atoms with Crippen LogP contribution in [0, 0.1) is 0 Å². The highest BCUT2D eigenvalue weighted by molar-refractivity contribution is 5.75. The quantitative estimate of drug-likeness (QED) is 0.185. The predicted molar refractivity (Wildman–Crippen MR) is 129 cm³/mol. The van der Waals surface area contributed by atoms with E-state index in [9.17, 15) is 14.7 Å². The molecule has 4 N–H and O–H groups in total. The van der Waals surface area contributed by atoms with Crippen molar-refractivity contribution >= 4 is 11.9 Å². The molecular weight excluding hydrogens is 408 g/mol. The van der Waals surface area contributed by atoms with E-state index in [1.165, 1.54) is 44.9 Å². The number of carbonyl (C=O) groups is 2. The zero-order chi connectivity index (χ0) is 24.2. The number of unbranched alkanes of at least 4 members (excludes halogenated alkanes) is 9. The first-order chi connectivity index (χ1) is 15.2. The van der Waals surface area contributed by atoms with Crippen molar-refractivity contribution in [3.63, 3.8) is 0 Å². The van der Waals surface area contributed by atoms with E-state index in [1.54, 1.807) is 0 Å². The van der Waals surface area contributed by atoms with Crippen molar-refractivity contribution < 1.29 is 24.2 Å². The number of carbonyl (C=O) groups excluding carboxylic acids is 2. The first kappa shape index (κ1) is 30.8. The summed E-state index contributed by atoms with van der Waals surface area (Å²) in [6.45, 7) is 8.77. The lowest BCUT2D eigenvalue weighted by Gasteiger charge is -2.22. The topological polar surface area (TPSA) is 111 Å². The van der Waals surface area contributed by atoms with E-state index >= 15 is 0 Å². The number of aliphatic hydroxyl groups is 1.